The van der Waals surface area contributed by atoms with Crippen LogP contribution >= 0.6 is 0 Å². The SMILES string of the molecule is C[C@@H]1C[C@@]1(c1noc(=O)[nH]1)n1c(C(=O)N2CCc3c(nc(N4CCN(Cc5ccccc5)C4=O)n(-c4ccccc4)c3=O)[C@@H]2C)cc2cc(C3CCOCC3)ccc21. The Bertz CT molecular complexity index is 2680. The first kappa shape index (κ1) is 36.1. The number of hydrogen-bond donors (Lipinski definition) is 1. The molecule has 10 rings (SSSR count). The van der Waals surface area contributed by atoms with Gasteiger partial charge in [-0.15, -0.1) is 0 Å². The number of nitrogens with one attached hydrogen (secondary N) is 1. The largest absolute Gasteiger partial charge is 0.438 e. The molecule has 1 N–H and O–H groups in total. The predicted molar refractivity (Wildman–Crippen MR) is 215 cm³/mol. The molecule has 3 fully saturated rings. The summed E-state index contributed by atoms with van der Waals surface area (Å²) in [6, 6.07) is 26.6. The standard InChI is InChI=1S/C44H44N8O6/c1-27-25-44(27,40-46-42(55)58-47-40)52-35-14-13-31(30-16-21-57-22-17-30)23-32(35)24-36(52)39(54)49-18-15-34-37(28(49)2)45-41(51(38(34)53)33-11-7-4-8-12-33)50-20-19-48(43(50)56)26-29-9-5-3-6-10-29/h3-14,23-24,27-28,30H,15-22,25-26H2,1-2H3,(H,46,47,55)/t27-,28+,44-/m1/s1. The van der Waals surface area contributed by atoms with Crippen molar-refractivity contribution in [2.75, 3.05) is 37.7 Å². The van der Waals surface area contributed by atoms with E-state index in [2.05, 4.69) is 35.3 Å². The highest BCUT2D eigenvalue weighted by atomic mass is 16.5. The molecule has 0 radical (unpaired) electrons. The molecule has 14 heteroatoms. The fourth-order valence-electron chi connectivity index (χ4n) is 9.53. The normalized spacial score (nSPS) is 22.2. The van der Waals surface area contributed by atoms with E-state index in [4.69, 9.17) is 14.2 Å². The van der Waals surface area contributed by atoms with Gasteiger partial charge >= 0.3 is 11.8 Å². The lowest BCUT2D eigenvalue weighted by molar-refractivity contribution is 0.0658. The minimum Gasteiger partial charge on any atom is -0.381 e. The summed E-state index contributed by atoms with van der Waals surface area (Å²) in [5.74, 6) is 0.133. The number of urea groups is 1. The molecule has 0 spiro atoms. The molecule has 3 aliphatic heterocycles. The third-order valence-corrected chi connectivity index (χ3v) is 12.7. The second kappa shape index (κ2) is 14.0. The minimum atomic E-state index is -0.799. The van der Waals surface area contributed by atoms with Crippen molar-refractivity contribution < 1.29 is 18.8 Å². The number of H-pyrrole nitrogens is 1. The maximum Gasteiger partial charge on any atom is 0.438 e. The van der Waals surface area contributed by atoms with E-state index in [1.165, 1.54) is 10.1 Å². The van der Waals surface area contributed by atoms with Crippen LogP contribution in [0.3, 0.4) is 0 Å². The fraction of sp³-hybridized carbons (Fsp3) is 0.364. The first-order valence-corrected chi connectivity index (χ1v) is 20.2. The Kier molecular flexibility index (Phi) is 8.70. The average Bonchev–Trinajstić information content (AvgIpc) is 3.55. The van der Waals surface area contributed by atoms with Gasteiger partial charge in [0, 0.05) is 55.9 Å². The van der Waals surface area contributed by atoms with Gasteiger partial charge in [-0.25, -0.2) is 19.1 Å². The van der Waals surface area contributed by atoms with Crippen molar-refractivity contribution in [3.63, 3.8) is 0 Å². The molecule has 1 aliphatic carbocycles. The highest BCUT2D eigenvalue weighted by molar-refractivity contribution is 6.00. The summed E-state index contributed by atoms with van der Waals surface area (Å²) in [6.07, 6.45) is 2.79. The molecule has 6 heterocycles. The van der Waals surface area contributed by atoms with Gasteiger partial charge in [-0.05, 0) is 85.9 Å². The van der Waals surface area contributed by atoms with Crippen LogP contribution in [0.1, 0.15) is 83.8 Å². The second-order valence-electron chi connectivity index (χ2n) is 16.1. The number of carbonyl (C=O) groups is 2. The molecule has 58 heavy (non-hydrogen) atoms. The maximum atomic E-state index is 15.2. The van der Waals surface area contributed by atoms with Crippen LogP contribution in [-0.4, -0.2) is 78.8 Å². The molecule has 1 saturated carbocycles. The number of benzene rings is 3. The van der Waals surface area contributed by atoms with Crippen molar-refractivity contribution in [1.82, 2.24) is 34.1 Å². The third-order valence-electron chi connectivity index (χ3n) is 12.7. The number of aromatic amines is 1. The Balaban J connectivity index is 1.06. The minimum absolute atomic E-state index is 0.0465. The van der Waals surface area contributed by atoms with Gasteiger partial charge in [0.2, 0.25) is 5.95 Å². The third kappa shape index (κ3) is 5.79. The van der Waals surface area contributed by atoms with Crippen LogP contribution in [0.15, 0.2) is 99.0 Å². The fourth-order valence-corrected chi connectivity index (χ4v) is 9.53. The molecule has 14 nitrogen and oxygen atoms in total. The summed E-state index contributed by atoms with van der Waals surface area (Å²) in [7, 11) is 0. The molecule has 0 unspecified atom stereocenters. The van der Waals surface area contributed by atoms with E-state index in [-0.39, 0.29) is 42.3 Å². The second-order valence-corrected chi connectivity index (χ2v) is 16.1. The zero-order chi connectivity index (χ0) is 39.7. The van der Waals surface area contributed by atoms with Crippen LogP contribution in [0.2, 0.25) is 0 Å². The van der Waals surface area contributed by atoms with Crippen LogP contribution in [0.5, 0.6) is 0 Å². The molecule has 3 aromatic carbocycles. The molecule has 3 aromatic heterocycles. The van der Waals surface area contributed by atoms with E-state index in [0.717, 1.165) is 29.3 Å². The number of anilines is 1. The summed E-state index contributed by atoms with van der Waals surface area (Å²) in [6.45, 7) is 6.93. The van der Waals surface area contributed by atoms with Gasteiger partial charge in [0.1, 0.15) is 11.2 Å². The van der Waals surface area contributed by atoms with Gasteiger partial charge in [0.15, 0.2) is 5.82 Å². The lowest BCUT2D eigenvalue weighted by atomic mass is 9.91. The number of nitrogens with zero attached hydrogens (tertiary/aromatic N) is 7. The van der Waals surface area contributed by atoms with Gasteiger partial charge in [0.05, 0.1) is 17.4 Å². The zero-order valence-electron chi connectivity index (χ0n) is 32.5. The summed E-state index contributed by atoms with van der Waals surface area (Å²) < 4.78 is 14.2. The smallest absolute Gasteiger partial charge is 0.381 e. The maximum absolute atomic E-state index is 15.2. The van der Waals surface area contributed by atoms with E-state index in [0.29, 0.717) is 73.6 Å². The number of aromatic nitrogens is 5. The van der Waals surface area contributed by atoms with Crippen molar-refractivity contribution in [3.8, 4) is 5.69 Å². The molecular weight excluding hydrogens is 737 g/mol. The number of para-hydroxylation sites is 1. The molecule has 6 aromatic rings. The van der Waals surface area contributed by atoms with Crippen LogP contribution < -0.4 is 16.2 Å². The van der Waals surface area contributed by atoms with Gasteiger partial charge in [0.25, 0.3) is 11.5 Å². The number of rotatable bonds is 8. The predicted octanol–water partition coefficient (Wildman–Crippen LogP) is 5.74. The molecule has 0 bridgehead atoms. The van der Waals surface area contributed by atoms with Crippen molar-refractivity contribution in [1.29, 1.82) is 0 Å². The highest BCUT2D eigenvalue weighted by Crippen LogP contribution is 2.56. The first-order valence-electron chi connectivity index (χ1n) is 20.2. The van der Waals surface area contributed by atoms with Crippen molar-refractivity contribution in [2.24, 2.45) is 5.92 Å². The summed E-state index contributed by atoms with van der Waals surface area (Å²) in [4.78, 5) is 69.3. The molecule has 296 valence electrons. The molecule has 3 amide bonds. The van der Waals surface area contributed by atoms with E-state index >= 15 is 4.79 Å². The van der Waals surface area contributed by atoms with Gasteiger partial charge in [-0.3, -0.25) is 24.0 Å². The van der Waals surface area contributed by atoms with E-state index in [9.17, 15) is 14.4 Å². The number of hydrogen-bond acceptors (Lipinski definition) is 8. The van der Waals surface area contributed by atoms with Crippen LogP contribution in [0.4, 0.5) is 10.7 Å². The van der Waals surface area contributed by atoms with Gasteiger partial charge in [-0.2, -0.15) is 0 Å². The topological polar surface area (TPSA) is 152 Å². The Morgan fingerprint density at radius 3 is 2.36 bits per heavy atom. The molecule has 3 atom stereocenters. The van der Waals surface area contributed by atoms with Gasteiger partial charge in [-0.1, -0.05) is 66.7 Å². The average molecular weight is 781 g/mol. The Labute approximate surface area is 333 Å². The summed E-state index contributed by atoms with van der Waals surface area (Å²) >= 11 is 0. The molecule has 2 saturated heterocycles. The van der Waals surface area contributed by atoms with Crippen molar-refractivity contribution in [2.45, 2.75) is 63.6 Å². The Morgan fingerprint density at radius 1 is 0.914 bits per heavy atom. The van der Waals surface area contributed by atoms with E-state index < -0.39 is 17.3 Å². The Hall–Kier alpha value is -6.28. The zero-order valence-corrected chi connectivity index (χ0v) is 32.5. The number of carbonyl (C=O) groups excluding carboxylic acids is 2. The van der Waals surface area contributed by atoms with Crippen molar-refractivity contribution in [3.05, 3.63) is 140 Å². The molecule has 4 aliphatic rings. The van der Waals surface area contributed by atoms with E-state index in [1.54, 1.807) is 14.7 Å². The summed E-state index contributed by atoms with van der Waals surface area (Å²) in [5, 5.41) is 5.07. The first-order chi connectivity index (χ1) is 28.2. The number of ether oxygens (including phenoxy) is 1. The number of amides is 3. The number of fused-ring (bicyclic) bond motifs is 2. The van der Waals surface area contributed by atoms with E-state index in [1.807, 2.05) is 78.2 Å². The lowest BCUT2D eigenvalue weighted by Gasteiger charge is -2.36. The lowest BCUT2D eigenvalue weighted by Crippen LogP contribution is -2.45. The highest BCUT2D eigenvalue weighted by Gasteiger charge is 2.59. The Morgan fingerprint density at radius 2 is 1.66 bits per heavy atom. The summed E-state index contributed by atoms with van der Waals surface area (Å²) in [5.41, 5.74) is 4.06. The quantitative estimate of drug-likeness (QED) is 0.205. The van der Waals surface area contributed by atoms with Crippen molar-refractivity contribution >= 4 is 28.8 Å². The van der Waals surface area contributed by atoms with Crippen LogP contribution in [0.25, 0.3) is 16.6 Å². The van der Waals surface area contributed by atoms with Crippen LogP contribution in [0, 0.1) is 5.92 Å². The van der Waals surface area contributed by atoms with Gasteiger partial charge < -0.3 is 19.1 Å². The van der Waals surface area contributed by atoms with Crippen LogP contribution in [-0.2, 0) is 23.2 Å². The monoisotopic (exact) mass is 780 g/mol. The molecular formula is C44H44N8O6.